The van der Waals surface area contributed by atoms with Crippen LogP contribution in [0.2, 0.25) is 0 Å². The number of urea groups is 1. The molecule has 0 aliphatic carbocycles. The predicted octanol–water partition coefficient (Wildman–Crippen LogP) is 1.89. The molecule has 138 valence electrons. The van der Waals surface area contributed by atoms with Gasteiger partial charge in [-0.15, -0.1) is 0 Å². The van der Waals surface area contributed by atoms with E-state index in [1.807, 2.05) is 0 Å². The van der Waals surface area contributed by atoms with Crippen molar-refractivity contribution >= 4 is 29.7 Å². The van der Waals surface area contributed by atoms with Gasteiger partial charge in [-0.25, -0.2) is 9.80 Å². The van der Waals surface area contributed by atoms with Crippen LogP contribution in [-0.2, 0) is 11.3 Å². The zero-order valence-electron chi connectivity index (χ0n) is 13.5. The van der Waals surface area contributed by atoms with E-state index in [0.29, 0.717) is 5.56 Å². The predicted molar refractivity (Wildman–Crippen MR) is 88.7 cm³/mol. The van der Waals surface area contributed by atoms with Crippen molar-refractivity contribution in [2.45, 2.75) is 6.54 Å². The van der Waals surface area contributed by atoms with E-state index in [1.165, 1.54) is 30.3 Å². The van der Waals surface area contributed by atoms with Gasteiger partial charge in [0.2, 0.25) is 0 Å². The Morgan fingerprint density at radius 1 is 1.07 bits per heavy atom. The minimum atomic E-state index is -0.714. The van der Waals surface area contributed by atoms with E-state index in [9.17, 15) is 29.8 Å². The van der Waals surface area contributed by atoms with Crippen LogP contribution in [0, 0.1) is 20.2 Å². The minimum Gasteiger partial charge on any atom is -0.400 e. The first kappa shape index (κ1) is 17.7. The average Bonchev–Trinajstić information content (AvgIpc) is 3.21. The third-order valence-electron chi connectivity index (χ3n) is 3.64. The maximum Gasteiger partial charge on any atom is 0.433 e. The first-order valence-electron chi connectivity index (χ1n) is 7.48. The minimum absolute atomic E-state index is 0.0516. The second-order valence-corrected chi connectivity index (χ2v) is 5.42. The molecule has 1 aromatic carbocycles. The number of non-ortho nitro benzene ring substituents is 1. The third-order valence-corrected chi connectivity index (χ3v) is 3.64. The molecular weight excluding hydrogens is 362 g/mol. The number of amides is 3. The van der Waals surface area contributed by atoms with Crippen molar-refractivity contribution in [1.29, 1.82) is 0 Å². The monoisotopic (exact) mass is 373 g/mol. The van der Waals surface area contributed by atoms with Crippen LogP contribution in [0.15, 0.2) is 45.9 Å². The Balaban J connectivity index is 1.67. The number of furan rings is 1. The Bertz CT molecular complexity index is 950. The number of hydrogen-bond donors (Lipinski definition) is 0. The van der Waals surface area contributed by atoms with Crippen LogP contribution in [-0.4, -0.2) is 44.5 Å². The molecular formula is C15H11N5O7. The van der Waals surface area contributed by atoms with Crippen molar-refractivity contribution in [3.8, 4) is 0 Å². The van der Waals surface area contributed by atoms with Gasteiger partial charge in [-0.05, 0) is 11.6 Å². The second kappa shape index (κ2) is 7.03. The maximum absolute atomic E-state index is 12.3. The van der Waals surface area contributed by atoms with Crippen molar-refractivity contribution in [3.63, 3.8) is 0 Å². The van der Waals surface area contributed by atoms with Gasteiger partial charge in [0.05, 0.1) is 23.7 Å². The molecule has 0 bridgehead atoms. The molecule has 2 aromatic rings. The lowest BCUT2D eigenvalue weighted by molar-refractivity contribution is -0.402. The van der Waals surface area contributed by atoms with E-state index in [2.05, 4.69) is 5.10 Å². The molecule has 0 radical (unpaired) electrons. The fourth-order valence-electron chi connectivity index (χ4n) is 2.32. The summed E-state index contributed by atoms with van der Waals surface area (Å²) >= 11 is 0. The molecule has 27 heavy (non-hydrogen) atoms. The molecule has 3 rings (SSSR count). The van der Waals surface area contributed by atoms with Crippen LogP contribution in [0.1, 0.15) is 11.3 Å². The van der Waals surface area contributed by atoms with Crippen molar-refractivity contribution < 1.29 is 23.9 Å². The Morgan fingerprint density at radius 3 is 2.37 bits per heavy atom. The lowest BCUT2D eigenvalue weighted by atomic mass is 10.2. The molecule has 0 N–H and O–H groups in total. The number of nitrogens with zero attached hydrogens (tertiary/aromatic N) is 5. The summed E-state index contributed by atoms with van der Waals surface area (Å²) in [5.74, 6) is -0.920. The summed E-state index contributed by atoms with van der Waals surface area (Å²) in [5.41, 5.74) is 0.436. The number of hydrogen-bond acceptors (Lipinski definition) is 8. The van der Waals surface area contributed by atoms with Gasteiger partial charge >= 0.3 is 11.9 Å². The van der Waals surface area contributed by atoms with Crippen molar-refractivity contribution in [1.82, 2.24) is 9.91 Å². The highest BCUT2D eigenvalue weighted by atomic mass is 16.6. The highest BCUT2D eigenvalue weighted by Gasteiger charge is 2.36. The fraction of sp³-hybridized carbons (Fsp3) is 0.133. The van der Waals surface area contributed by atoms with Crippen molar-refractivity contribution in [2.24, 2.45) is 5.10 Å². The van der Waals surface area contributed by atoms with Crippen molar-refractivity contribution in [2.75, 3.05) is 6.54 Å². The summed E-state index contributed by atoms with van der Waals surface area (Å²) in [5, 5.41) is 25.9. The maximum atomic E-state index is 12.3. The third kappa shape index (κ3) is 3.78. The average molecular weight is 373 g/mol. The van der Waals surface area contributed by atoms with Gasteiger partial charge in [-0.2, -0.15) is 5.10 Å². The van der Waals surface area contributed by atoms with Gasteiger partial charge in [0.15, 0.2) is 5.76 Å². The van der Waals surface area contributed by atoms with Gasteiger partial charge < -0.3 is 4.42 Å². The van der Waals surface area contributed by atoms with Gasteiger partial charge in [-0.3, -0.25) is 29.9 Å². The normalized spacial score (nSPS) is 14.4. The van der Waals surface area contributed by atoms with E-state index in [1.54, 1.807) is 0 Å². The highest BCUT2D eigenvalue weighted by Crippen LogP contribution is 2.18. The summed E-state index contributed by atoms with van der Waals surface area (Å²) in [7, 11) is 0. The van der Waals surface area contributed by atoms with Crippen molar-refractivity contribution in [3.05, 3.63) is 68.0 Å². The molecule has 3 amide bonds. The first-order valence-corrected chi connectivity index (χ1v) is 7.48. The smallest absolute Gasteiger partial charge is 0.400 e. The van der Waals surface area contributed by atoms with E-state index in [4.69, 9.17) is 4.42 Å². The Hall–Kier alpha value is -4.09. The van der Waals surface area contributed by atoms with E-state index in [0.717, 1.165) is 22.2 Å². The van der Waals surface area contributed by atoms with Crippen LogP contribution in [0.5, 0.6) is 0 Å². The molecule has 1 aromatic heterocycles. The number of hydrazone groups is 1. The Labute approximate surface area is 150 Å². The molecule has 0 atom stereocenters. The molecule has 12 nitrogen and oxygen atoms in total. The molecule has 1 aliphatic heterocycles. The largest absolute Gasteiger partial charge is 0.433 e. The zero-order valence-corrected chi connectivity index (χ0v) is 13.5. The molecule has 0 saturated carbocycles. The number of rotatable bonds is 6. The molecule has 2 heterocycles. The van der Waals surface area contributed by atoms with Crippen LogP contribution >= 0.6 is 0 Å². The molecule has 1 aliphatic rings. The SMILES string of the molecule is O=C1CN(/N=C/c2ccc([N+](=O)[O-])o2)C(=O)N1Cc1ccc([N+](=O)[O-])cc1. The molecule has 12 heteroatoms. The van der Waals surface area contributed by atoms with Crippen LogP contribution in [0.3, 0.4) is 0 Å². The quantitative estimate of drug-likeness (QED) is 0.324. The number of carbonyl (C=O) groups is 2. The molecule has 1 fully saturated rings. The molecule has 1 saturated heterocycles. The Morgan fingerprint density at radius 2 is 1.78 bits per heavy atom. The summed E-state index contributed by atoms with van der Waals surface area (Å²) in [6.45, 7) is -0.362. The zero-order chi connectivity index (χ0) is 19.6. The topological polar surface area (TPSA) is 152 Å². The lowest BCUT2D eigenvalue weighted by Crippen LogP contribution is -2.30. The number of nitro groups is 2. The number of carbonyl (C=O) groups excluding carboxylic acids is 2. The van der Waals surface area contributed by atoms with Crippen LogP contribution < -0.4 is 0 Å². The summed E-state index contributed by atoms with van der Waals surface area (Å²) in [6.07, 6.45) is 1.09. The number of imide groups is 1. The second-order valence-electron chi connectivity index (χ2n) is 5.42. The van der Waals surface area contributed by atoms with Gasteiger partial charge in [0.25, 0.3) is 11.6 Å². The van der Waals surface area contributed by atoms with E-state index in [-0.39, 0.29) is 24.5 Å². The van der Waals surface area contributed by atoms with Crippen LogP contribution in [0.25, 0.3) is 0 Å². The van der Waals surface area contributed by atoms with Gasteiger partial charge in [-0.1, -0.05) is 12.1 Å². The Kier molecular flexibility index (Phi) is 4.62. The van der Waals surface area contributed by atoms with Crippen LogP contribution in [0.4, 0.5) is 16.4 Å². The fourth-order valence-corrected chi connectivity index (χ4v) is 2.32. The number of benzene rings is 1. The first-order chi connectivity index (χ1) is 12.8. The lowest BCUT2D eigenvalue weighted by Gasteiger charge is -2.13. The standard InChI is InChI=1S/C15H11N5O7/c21-13-9-18(16-7-12-5-6-14(27-12)20(25)26)15(22)17(13)8-10-1-3-11(4-2-10)19(23)24/h1-7H,8-9H2/b16-7+. The van der Waals surface area contributed by atoms with Gasteiger partial charge in [0, 0.05) is 12.1 Å². The summed E-state index contributed by atoms with van der Waals surface area (Å²) in [6, 6.07) is 7.22. The summed E-state index contributed by atoms with van der Waals surface area (Å²) in [4.78, 5) is 45.2. The molecule has 0 unspecified atom stereocenters. The highest BCUT2D eigenvalue weighted by molar-refractivity contribution is 6.02. The van der Waals surface area contributed by atoms with E-state index >= 15 is 0 Å². The molecule has 0 spiro atoms. The van der Waals surface area contributed by atoms with Gasteiger partial charge in [0.1, 0.15) is 11.5 Å². The van der Waals surface area contributed by atoms with E-state index < -0.39 is 27.7 Å². The number of nitro benzene ring substituents is 1. The summed E-state index contributed by atoms with van der Waals surface area (Å²) < 4.78 is 4.88.